The number of nitrogens with zero attached hydrogens (tertiary/aromatic N) is 2. The minimum Gasteiger partial charge on any atom is -0.497 e. The van der Waals surface area contributed by atoms with Crippen molar-refractivity contribution in [2.75, 3.05) is 38.6 Å². The van der Waals surface area contributed by atoms with Crippen molar-refractivity contribution in [1.29, 1.82) is 0 Å². The first-order valence-corrected chi connectivity index (χ1v) is 13.0. The molecule has 4 rings (SSSR count). The van der Waals surface area contributed by atoms with Crippen LogP contribution in [0.25, 0.3) is 0 Å². The van der Waals surface area contributed by atoms with Gasteiger partial charge in [-0.05, 0) is 80.5 Å². The molecule has 1 heterocycles. The van der Waals surface area contributed by atoms with E-state index < -0.39 is 10.0 Å². The summed E-state index contributed by atoms with van der Waals surface area (Å²) in [6.45, 7) is 0.849. The maximum absolute atomic E-state index is 13.3. The van der Waals surface area contributed by atoms with E-state index >= 15 is 0 Å². The maximum atomic E-state index is 13.3. The van der Waals surface area contributed by atoms with Gasteiger partial charge in [-0.25, -0.2) is 8.42 Å². The van der Waals surface area contributed by atoms with Gasteiger partial charge in [0.15, 0.2) is 0 Å². The quantitative estimate of drug-likeness (QED) is 0.515. The summed E-state index contributed by atoms with van der Waals surface area (Å²) in [6.07, 6.45) is 1.64. The molecule has 1 atom stereocenters. The number of methoxy groups -OCH3 is 1. The zero-order valence-electron chi connectivity index (χ0n) is 20.3. The van der Waals surface area contributed by atoms with Crippen LogP contribution >= 0.6 is 0 Å². The number of rotatable bonds is 8. The number of anilines is 1. The minimum absolute atomic E-state index is 0.0244. The van der Waals surface area contributed by atoms with E-state index in [1.54, 1.807) is 19.2 Å². The zero-order valence-corrected chi connectivity index (χ0v) is 21.1. The molecular weight excluding hydrogens is 462 g/mol. The van der Waals surface area contributed by atoms with Crippen LogP contribution in [0.4, 0.5) is 5.69 Å². The van der Waals surface area contributed by atoms with Crippen LogP contribution in [0.1, 0.15) is 33.9 Å². The fraction of sp³-hybridized carbons (Fsp3) is 0.296. The van der Waals surface area contributed by atoms with Crippen LogP contribution in [0.3, 0.4) is 0 Å². The van der Waals surface area contributed by atoms with Gasteiger partial charge < -0.3 is 15.0 Å². The zero-order chi connectivity index (χ0) is 25.0. The number of fused-ring (bicyclic) bond motifs is 1. The van der Waals surface area contributed by atoms with Gasteiger partial charge in [0.1, 0.15) is 5.75 Å². The molecule has 184 valence electrons. The molecule has 1 unspecified atom stereocenters. The first kappa shape index (κ1) is 24.8. The van der Waals surface area contributed by atoms with Gasteiger partial charge in [-0.3, -0.25) is 9.10 Å². The van der Waals surface area contributed by atoms with Gasteiger partial charge in [-0.2, -0.15) is 0 Å². The first-order valence-electron chi connectivity index (χ1n) is 11.6. The molecule has 0 fully saturated rings. The Hall–Kier alpha value is -3.36. The Morgan fingerprint density at radius 1 is 1.03 bits per heavy atom. The molecule has 0 bridgehead atoms. The van der Waals surface area contributed by atoms with Gasteiger partial charge in [-0.1, -0.05) is 30.3 Å². The highest BCUT2D eigenvalue weighted by atomic mass is 32.2. The molecule has 0 spiro atoms. The van der Waals surface area contributed by atoms with Gasteiger partial charge >= 0.3 is 0 Å². The predicted molar refractivity (Wildman–Crippen MR) is 137 cm³/mol. The van der Waals surface area contributed by atoms with Crippen LogP contribution in [0.15, 0.2) is 77.7 Å². The number of hydrogen-bond donors (Lipinski definition) is 1. The van der Waals surface area contributed by atoms with Crippen molar-refractivity contribution >= 4 is 21.6 Å². The van der Waals surface area contributed by atoms with Crippen LogP contribution in [-0.2, 0) is 16.4 Å². The lowest BCUT2D eigenvalue weighted by atomic mass is 10.0. The van der Waals surface area contributed by atoms with Crippen LogP contribution in [0.5, 0.6) is 5.75 Å². The van der Waals surface area contributed by atoms with Gasteiger partial charge in [0.2, 0.25) is 0 Å². The number of carbonyl (C=O) groups is 1. The van der Waals surface area contributed by atoms with E-state index in [0.29, 0.717) is 18.7 Å². The molecule has 0 saturated carbocycles. The Kier molecular flexibility index (Phi) is 7.42. The Bertz CT molecular complexity index is 1270. The van der Waals surface area contributed by atoms with Crippen molar-refractivity contribution in [2.24, 2.45) is 0 Å². The second-order valence-electron chi connectivity index (χ2n) is 8.80. The number of likely N-dealkylation sites (N-methyl/N-ethyl adjacent to an activating group) is 1. The monoisotopic (exact) mass is 493 g/mol. The lowest BCUT2D eigenvalue weighted by Crippen LogP contribution is -2.35. The Morgan fingerprint density at radius 3 is 2.37 bits per heavy atom. The number of sulfonamides is 1. The molecule has 1 aliphatic heterocycles. The molecule has 8 heteroatoms. The average molecular weight is 494 g/mol. The highest BCUT2D eigenvalue weighted by Gasteiger charge is 2.29. The van der Waals surface area contributed by atoms with E-state index in [1.807, 2.05) is 67.5 Å². The summed E-state index contributed by atoms with van der Waals surface area (Å²) in [5, 5.41) is 2.97. The van der Waals surface area contributed by atoms with E-state index in [1.165, 1.54) is 16.4 Å². The molecule has 1 N–H and O–H groups in total. The molecule has 7 nitrogen and oxygen atoms in total. The van der Waals surface area contributed by atoms with E-state index in [9.17, 15) is 13.2 Å². The third-order valence-electron chi connectivity index (χ3n) is 6.35. The smallest absolute Gasteiger partial charge is 0.264 e. The van der Waals surface area contributed by atoms with Gasteiger partial charge in [0, 0.05) is 18.7 Å². The van der Waals surface area contributed by atoms with Crippen molar-refractivity contribution in [3.63, 3.8) is 0 Å². The van der Waals surface area contributed by atoms with E-state index in [-0.39, 0.29) is 16.8 Å². The maximum Gasteiger partial charge on any atom is 0.264 e. The highest BCUT2D eigenvalue weighted by molar-refractivity contribution is 7.92. The summed E-state index contributed by atoms with van der Waals surface area (Å²) < 4.78 is 33.4. The van der Waals surface area contributed by atoms with Crippen molar-refractivity contribution in [1.82, 2.24) is 10.2 Å². The van der Waals surface area contributed by atoms with Crippen LogP contribution in [-0.4, -0.2) is 53.5 Å². The molecule has 1 aliphatic rings. The number of nitrogens with one attached hydrogen (secondary N) is 1. The van der Waals surface area contributed by atoms with E-state index in [0.717, 1.165) is 35.4 Å². The second kappa shape index (κ2) is 10.5. The lowest BCUT2D eigenvalue weighted by molar-refractivity contribution is 0.0942. The van der Waals surface area contributed by atoms with Crippen molar-refractivity contribution in [3.8, 4) is 5.75 Å². The van der Waals surface area contributed by atoms with E-state index in [2.05, 4.69) is 5.32 Å². The predicted octanol–water partition coefficient (Wildman–Crippen LogP) is 3.87. The van der Waals surface area contributed by atoms with Gasteiger partial charge in [0.25, 0.3) is 15.9 Å². The number of carbonyl (C=O) groups excluding carboxylic acids is 1. The van der Waals surface area contributed by atoms with Gasteiger partial charge in [-0.15, -0.1) is 0 Å². The number of aryl methyl sites for hydroxylation is 1. The second-order valence-corrected chi connectivity index (χ2v) is 10.7. The summed E-state index contributed by atoms with van der Waals surface area (Å²) in [4.78, 5) is 15.0. The molecule has 35 heavy (non-hydrogen) atoms. The first-order chi connectivity index (χ1) is 16.8. The van der Waals surface area contributed by atoms with Gasteiger partial charge in [0.05, 0.1) is 23.7 Å². The van der Waals surface area contributed by atoms with Crippen LogP contribution in [0, 0.1) is 0 Å². The Morgan fingerprint density at radius 2 is 1.71 bits per heavy atom. The molecule has 0 aromatic heterocycles. The van der Waals surface area contributed by atoms with Crippen LogP contribution in [0.2, 0.25) is 0 Å². The fourth-order valence-corrected chi connectivity index (χ4v) is 5.91. The molecule has 0 radical (unpaired) electrons. The summed E-state index contributed by atoms with van der Waals surface area (Å²) in [5.74, 6) is 0.524. The third kappa shape index (κ3) is 5.33. The average Bonchev–Trinajstić information content (AvgIpc) is 2.88. The summed E-state index contributed by atoms with van der Waals surface area (Å²) >= 11 is 0. The standard InChI is InChI=1S/C27H31N3O4S/c1-29(2)26(21-10-14-23(34-3)15-11-21)19-28-27(31)22-12-16-24(17-13-22)35(32,33)30-18-6-8-20-7-4-5-9-25(20)30/h4-5,7,9-17,26H,6,8,18-19H2,1-3H3,(H,28,31). The highest BCUT2D eigenvalue weighted by Crippen LogP contribution is 2.31. The topological polar surface area (TPSA) is 78.9 Å². The normalized spacial score (nSPS) is 14.3. The molecular formula is C27H31N3O4S. The number of para-hydroxylation sites is 1. The third-order valence-corrected chi connectivity index (χ3v) is 8.18. The lowest BCUT2D eigenvalue weighted by Gasteiger charge is -2.30. The molecule has 0 saturated heterocycles. The number of amides is 1. The molecule has 0 aliphatic carbocycles. The molecule has 1 amide bonds. The summed E-state index contributed by atoms with van der Waals surface area (Å²) in [5.41, 5.74) is 3.23. The van der Waals surface area contributed by atoms with Crippen molar-refractivity contribution in [3.05, 3.63) is 89.5 Å². The largest absolute Gasteiger partial charge is 0.497 e. The van der Waals surface area contributed by atoms with Crippen molar-refractivity contribution in [2.45, 2.75) is 23.8 Å². The Labute approximate surface area is 207 Å². The number of hydrogen-bond acceptors (Lipinski definition) is 5. The van der Waals surface area contributed by atoms with Crippen molar-refractivity contribution < 1.29 is 17.9 Å². The van der Waals surface area contributed by atoms with E-state index in [4.69, 9.17) is 4.74 Å². The number of ether oxygens (including phenoxy) is 1. The SMILES string of the molecule is COc1ccc(C(CNC(=O)c2ccc(S(=O)(=O)N3CCCc4ccccc43)cc2)N(C)C)cc1. The number of benzene rings is 3. The molecule has 3 aromatic carbocycles. The fourth-order valence-electron chi connectivity index (χ4n) is 4.37. The van der Waals surface area contributed by atoms with Crippen LogP contribution < -0.4 is 14.4 Å². The summed E-state index contributed by atoms with van der Waals surface area (Å²) in [7, 11) is 1.83. The minimum atomic E-state index is -3.71. The Balaban J connectivity index is 1.46. The molecule has 3 aromatic rings. The summed E-state index contributed by atoms with van der Waals surface area (Å²) in [6, 6.07) is 21.5.